The van der Waals surface area contributed by atoms with E-state index in [1.54, 1.807) is 30.2 Å². The molecule has 0 aliphatic heterocycles. The van der Waals surface area contributed by atoms with E-state index < -0.39 is 6.04 Å². The Morgan fingerprint density at radius 2 is 1.82 bits per heavy atom. The minimum atomic E-state index is -0.659. The second-order valence-electron chi connectivity index (χ2n) is 7.34. The lowest BCUT2D eigenvalue weighted by Crippen LogP contribution is -2.46. The molecule has 0 radical (unpaired) electrons. The summed E-state index contributed by atoms with van der Waals surface area (Å²) in [7, 11) is 0. The van der Waals surface area contributed by atoms with Crippen LogP contribution in [0.3, 0.4) is 0 Å². The molecule has 1 aliphatic rings. The van der Waals surface area contributed by atoms with Crippen molar-refractivity contribution < 1.29 is 4.79 Å². The van der Waals surface area contributed by atoms with Gasteiger partial charge in [0.1, 0.15) is 11.9 Å². The number of fused-ring (bicyclic) bond motifs is 1. The number of hydrogen-bond acceptors (Lipinski definition) is 4. The van der Waals surface area contributed by atoms with Gasteiger partial charge in [-0.2, -0.15) is 0 Å². The molecule has 0 saturated heterocycles. The van der Waals surface area contributed by atoms with Gasteiger partial charge >= 0.3 is 0 Å². The first-order valence-electron chi connectivity index (χ1n) is 9.87. The summed E-state index contributed by atoms with van der Waals surface area (Å²) in [5.41, 5.74) is 0.438. The van der Waals surface area contributed by atoms with Crippen LogP contribution in [-0.4, -0.2) is 26.5 Å². The Labute approximate surface area is 163 Å². The molecule has 2 heterocycles. The van der Waals surface area contributed by atoms with Gasteiger partial charge in [-0.05, 0) is 44.0 Å². The molecule has 28 heavy (non-hydrogen) atoms. The number of carbonyl (C=O) groups excluding carboxylic acids is 1. The molecule has 1 amide bonds. The zero-order chi connectivity index (χ0) is 19.5. The summed E-state index contributed by atoms with van der Waals surface area (Å²) >= 11 is 0. The van der Waals surface area contributed by atoms with E-state index in [1.807, 2.05) is 30.3 Å². The smallest absolute Gasteiger partial charge is 0.261 e. The Morgan fingerprint density at radius 3 is 2.57 bits per heavy atom. The highest BCUT2D eigenvalue weighted by Gasteiger charge is 2.31. The molecule has 144 valence electrons. The summed E-state index contributed by atoms with van der Waals surface area (Å²) in [5, 5.41) is 0.520. The first-order valence-corrected chi connectivity index (χ1v) is 9.87. The van der Waals surface area contributed by atoms with Crippen molar-refractivity contribution in [2.75, 3.05) is 4.90 Å². The van der Waals surface area contributed by atoms with Crippen molar-refractivity contribution in [2.45, 2.75) is 51.1 Å². The van der Waals surface area contributed by atoms with E-state index in [0.29, 0.717) is 16.7 Å². The molecule has 1 atom stereocenters. The number of benzene rings is 1. The van der Waals surface area contributed by atoms with Crippen LogP contribution in [-0.2, 0) is 4.79 Å². The molecule has 4 rings (SSSR count). The fraction of sp³-hybridized carbons (Fsp3) is 0.364. The van der Waals surface area contributed by atoms with Gasteiger partial charge in [0, 0.05) is 12.2 Å². The van der Waals surface area contributed by atoms with Crippen LogP contribution in [0.5, 0.6) is 0 Å². The van der Waals surface area contributed by atoms with E-state index in [9.17, 15) is 9.59 Å². The molecule has 1 aromatic carbocycles. The maximum absolute atomic E-state index is 13.5. The van der Waals surface area contributed by atoms with Crippen LogP contribution >= 0.6 is 0 Å². The molecule has 0 spiro atoms. The van der Waals surface area contributed by atoms with Crippen molar-refractivity contribution in [2.24, 2.45) is 0 Å². The maximum atomic E-state index is 13.5. The third-order valence-corrected chi connectivity index (χ3v) is 5.54. The Balaban J connectivity index is 1.72. The van der Waals surface area contributed by atoms with Crippen LogP contribution in [0.2, 0.25) is 0 Å². The number of hydrogen-bond donors (Lipinski definition) is 0. The van der Waals surface area contributed by atoms with Crippen LogP contribution in [0.25, 0.3) is 10.9 Å². The lowest BCUT2D eigenvalue weighted by atomic mass is 9.93. The van der Waals surface area contributed by atoms with Crippen molar-refractivity contribution in [3.05, 3.63) is 65.3 Å². The standard InChI is InChI=1S/C22H24N4O2/c1-16(25-15-24-19-12-6-5-11-18(19)22(25)28)21(27)26(17-9-3-2-4-10-17)20-13-7-8-14-23-20/h5-8,11-17H,2-4,9-10H2,1H3. The monoisotopic (exact) mass is 376 g/mol. The Kier molecular flexibility index (Phi) is 5.19. The fourth-order valence-corrected chi connectivity index (χ4v) is 3.99. The SMILES string of the molecule is CC(C(=O)N(c1ccccn1)C1CCCCC1)n1cnc2ccccc2c1=O. The maximum Gasteiger partial charge on any atom is 0.261 e. The minimum absolute atomic E-state index is 0.114. The molecule has 6 nitrogen and oxygen atoms in total. The number of pyridine rings is 1. The first-order chi connectivity index (χ1) is 13.7. The molecule has 0 N–H and O–H groups in total. The second-order valence-corrected chi connectivity index (χ2v) is 7.34. The highest BCUT2D eigenvalue weighted by molar-refractivity contribution is 5.95. The molecule has 1 aliphatic carbocycles. The third-order valence-electron chi connectivity index (χ3n) is 5.54. The molecule has 1 saturated carbocycles. The summed E-state index contributed by atoms with van der Waals surface area (Å²) in [6.07, 6.45) is 8.50. The van der Waals surface area contributed by atoms with E-state index >= 15 is 0 Å². The molecule has 1 fully saturated rings. The zero-order valence-electron chi connectivity index (χ0n) is 16.0. The van der Waals surface area contributed by atoms with Crippen LogP contribution in [0, 0.1) is 0 Å². The average Bonchev–Trinajstić information content (AvgIpc) is 2.75. The summed E-state index contributed by atoms with van der Waals surface area (Å²) in [5.74, 6) is 0.526. The summed E-state index contributed by atoms with van der Waals surface area (Å²) < 4.78 is 1.43. The zero-order valence-corrected chi connectivity index (χ0v) is 16.0. The number of carbonyl (C=O) groups is 1. The fourth-order valence-electron chi connectivity index (χ4n) is 3.99. The van der Waals surface area contributed by atoms with E-state index in [-0.39, 0.29) is 17.5 Å². The van der Waals surface area contributed by atoms with Gasteiger partial charge in [0.25, 0.3) is 11.5 Å². The topological polar surface area (TPSA) is 68.1 Å². The van der Waals surface area contributed by atoms with Crippen LogP contribution in [0.4, 0.5) is 5.82 Å². The quantitative estimate of drug-likeness (QED) is 0.696. The number of amides is 1. The van der Waals surface area contributed by atoms with Crippen molar-refractivity contribution in [1.29, 1.82) is 0 Å². The van der Waals surface area contributed by atoms with Gasteiger partial charge in [-0.1, -0.05) is 37.5 Å². The van der Waals surface area contributed by atoms with Gasteiger partial charge in [0.15, 0.2) is 0 Å². The van der Waals surface area contributed by atoms with E-state index in [1.165, 1.54) is 17.3 Å². The molecular weight excluding hydrogens is 352 g/mol. The van der Waals surface area contributed by atoms with Crippen LogP contribution in [0.1, 0.15) is 45.1 Å². The minimum Gasteiger partial charge on any atom is -0.292 e. The number of para-hydroxylation sites is 1. The van der Waals surface area contributed by atoms with Crippen molar-refractivity contribution in [1.82, 2.24) is 14.5 Å². The lowest BCUT2D eigenvalue weighted by Gasteiger charge is -2.35. The van der Waals surface area contributed by atoms with Gasteiger partial charge in [0.2, 0.25) is 0 Å². The Morgan fingerprint density at radius 1 is 1.07 bits per heavy atom. The first kappa shape index (κ1) is 18.3. The molecule has 2 aromatic heterocycles. The molecule has 3 aromatic rings. The van der Waals surface area contributed by atoms with E-state index in [0.717, 1.165) is 25.7 Å². The average molecular weight is 376 g/mol. The number of aromatic nitrogens is 3. The van der Waals surface area contributed by atoms with Gasteiger partial charge < -0.3 is 0 Å². The second kappa shape index (κ2) is 7.92. The highest BCUT2D eigenvalue weighted by atomic mass is 16.2. The lowest BCUT2D eigenvalue weighted by molar-refractivity contribution is -0.122. The Hall–Kier alpha value is -3.02. The number of rotatable bonds is 4. The van der Waals surface area contributed by atoms with Gasteiger partial charge in [-0.3, -0.25) is 19.1 Å². The summed E-state index contributed by atoms with van der Waals surface area (Å²) in [6, 6.07) is 12.3. The predicted molar refractivity (Wildman–Crippen MR) is 109 cm³/mol. The molecule has 6 heteroatoms. The summed E-state index contributed by atoms with van der Waals surface area (Å²) in [6.45, 7) is 1.76. The summed E-state index contributed by atoms with van der Waals surface area (Å²) in [4.78, 5) is 37.1. The van der Waals surface area contributed by atoms with Crippen LogP contribution < -0.4 is 10.5 Å². The molecule has 0 bridgehead atoms. The van der Waals surface area contributed by atoms with Crippen molar-refractivity contribution in [3.8, 4) is 0 Å². The highest BCUT2D eigenvalue weighted by Crippen LogP contribution is 2.28. The van der Waals surface area contributed by atoms with Crippen molar-refractivity contribution in [3.63, 3.8) is 0 Å². The van der Waals surface area contributed by atoms with E-state index in [4.69, 9.17) is 0 Å². The van der Waals surface area contributed by atoms with E-state index in [2.05, 4.69) is 9.97 Å². The number of nitrogens with zero attached hydrogens (tertiary/aromatic N) is 4. The molecular formula is C22H24N4O2. The van der Waals surface area contributed by atoms with Crippen LogP contribution in [0.15, 0.2) is 59.8 Å². The number of anilines is 1. The predicted octanol–water partition coefficient (Wildman–Crippen LogP) is 3.72. The van der Waals surface area contributed by atoms with Gasteiger partial charge in [-0.15, -0.1) is 0 Å². The Bertz CT molecular complexity index is 1030. The normalized spacial score (nSPS) is 16.0. The van der Waals surface area contributed by atoms with Gasteiger partial charge in [-0.25, -0.2) is 9.97 Å². The molecule has 1 unspecified atom stereocenters. The van der Waals surface area contributed by atoms with Gasteiger partial charge in [0.05, 0.1) is 17.2 Å². The third kappa shape index (κ3) is 3.42. The largest absolute Gasteiger partial charge is 0.292 e. The van der Waals surface area contributed by atoms with Crippen molar-refractivity contribution >= 4 is 22.6 Å².